The molecule has 0 aliphatic heterocycles. The third-order valence-corrected chi connectivity index (χ3v) is 3.22. The maximum Gasteiger partial charge on any atom is 0.148 e. The summed E-state index contributed by atoms with van der Waals surface area (Å²) in [6.07, 6.45) is 1.81. The van der Waals surface area contributed by atoms with Crippen LogP contribution in [0, 0.1) is 12.3 Å². The molecule has 0 aliphatic carbocycles. The Bertz CT molecular complexity index is 385. The molecule has 1 rings (SSSR count). The van der Waals surface area contributed by atoms with Crippen LogP contribution in [0.1, 0.15) is 39.3 Å². The van der Waals surface area contributed by atoms with Gasteiger partial charge in [-0.3, -0.25) is 0 Å². The molecule has 0 saturated carbocycles. The van der Waals surface area contributed by atoms with Crippen LogP contribution < -0.4 is 11.1 Å². The van der Waals surface area contributed by atoms with E-state index in [0.717, 1.165) is 43.1 Å². The summed E-state index contributed by atoms with van der Waals surface area (Å²) in [5.74, 6) is 0.909. The molecule has 0 radical (unpaired) electrons. The number of rotatable bonds is 7. The van der Waals surface area contributed by atoms with Gasteiger partial charge in [-0.25, -0.2) is 4.68 Å². The second kappa shape index (κ2) is 6.09. The van der Waals surface area contributed by atoms with Crippen LogP contribution >= 0.6 is 0 Å². The van der Waals surface area contributed by atoms with Crippen molar-refractivity contribution in [2.45, 2.75) is 47.1 Å². The van der Waals surface area contributed by atoms with Crippen molar-refractivity contribution in [3.05, 3.63) is 5.69 Å². The summed E-state index contributed by atoms with van der Waals surface area (Å²) < 4.78 is 1.90. The van der Waals surface area contributed by atoms with Crippen molar-refractivity contribution in [3.8, 4) is 0 Å². The summed E-state index contributed by atoms with van der Waals surface area (Å²) in [5, 5.41) is 16.7. The molecule has 0 atom stereocenters. The predicted octanol–water partition coefficient (Wildman–Crippen LogP) is 2.00. The molecule has 0 amide bonds. The standard InChI is InChI=1S/C13H26N4O/c1-5-17-12(11(14)10(2)16-17)15-9-13(3,4)7-6-8-18/h15,18H,5-9,14H2,1-4H3. The zero-order valence-corrected chi connectivity index (χ0v) is 12.0. The molecule has 1 heterocycles. The molecular weight excluding hydrogens is 228 g/mol. The van der Waals surface area contributed by atoms with Gasteiger partial charge in [0.25, 0.3) is 0 Å². The molecule has 0 fully saturated rings. The molecule has 0 saturated heterocycles. The molecule has 5 nitrogen and oxygen atoms in total. The van der Waals surface area contributed by atoms with E-state index in [1.807, 2.05) is 18.5 Å². The van der Waals surface area contributed by atoms with Gasteiger partial charge in [0.1, 0.15) is 5.82 Å². The van der Waals surface area contributed by atoms with E-state index in [1.54, 1.807) is 0 Å². The highest BCUT2D eigenvalue weighted by Gasteiger charge is 2.19. The number of aryl methyl sites for hydroxylation is 2. The number of anilines is 2. The minimum Gasteiger partial charge on any atom is -0.396 e. The van der Waals surface area contributed by atoms with E-state index >= 15 is 0 Å². The Kier molecular flexibility index (Phi) is 5.02. The Morgan fingerprint density at radius 1 is 1.44 bits per heavy atom. The lowest BCUT2D eigenvalue weighted by Crippen LogP contribution is -2.25. The third-order valence-electron chi connectivity index (χ3n) is 3.22. The Morgan fingerprint density at radius 3 is 2.67 bits per heavy atom. The highest BCUT2D eigenvalue weighted by Crippen LogP contribution is 2.26. The van der Waals surface area contributed by atoms with Crippen molar-refractivity contribution in [2.75, 3.05) is 24.2 Å². The van der Waals surface area contributed by atoms with Crippen LogP contribution in [0.2, 0.25) is 0 Å². The van der Waals surface area contributed by atoms with E-state index in [-0.39, 0.29) is 12.0 Å². The molecule has 1 aromatic heterocycles. The average Bonchev–Trinajstić information content (AvgIpc) is 2.60. The minimum absolute atomic E-state index is 0.131. The van der Waals surface area contributed by atoms with E-state index in [2.05, 4.69) is 24.3 Å². The zero-order chi connectivity index (χ0) is 13.8. The van der Waals surface area contributed by atoms with Crippen molar-refractivity contribution in [3.63, 3.8) is 0 Å². The van der Waals surface area contributed by atoms with Gasteiger partial charge in [0.05, 0.1) is 11.4 Å². The van der Waals surface area contributed by atoms with Crippen LogP contribution in [0.25, 0.3) is 0 Å². The van der Waals surface area contributed by atoms with Gasteiger partial charge in [0, 0.05) is 19.7 Å². The number of hydrogen-bond acceptors (Lipinski definition) is 4. The SMILES string of the molecule is CCn1nc(C)c(N)c1NCC(C)(C)CCCO. The molecule has 0 spiro atoms. The molecule has 0 unspecified atom stereocenters. The number of nitrogen functional groups attached to an aromatic ring is 1. The van der Waals surface area contributed by atoms with Gasteiger partial charge in [-0.1, -0.05) is 13.8 Å². The van der Waals surface area contributed by atoms with E-state index in [1.165, 1.54) is 0 Å². The summed E-state index contributed by atoms with van der Waals surface area (Å²) in [7, 11) is 0. The Balaban J connectivity index is 2.68. The largest absolute Gasteiger partial charge is 0.396 e. The third kappa shape index (κ3) is 3.63. The monoisotopic (exact) mass is 254 g/mol. The highest BCUT2D eigenvalue weighted by molar-refractivity contribution is 5.64. The molecular formula is C13H26N4O. The lowest BCUT2D eigenvalue weighted by atomic mass is 9.88. The summed E-state index contributed by atoms with van der Waals surface area (Å²) in [4.78, 5) is 0. The number of aliphatic hydroxyl groups excluding tert-OH is 1. The molecule has 104 valence electrons. The van der Waals surface area contributed by atoms with E-state index in [0.29, 0.717) is 0 Å². The summed E-state index contributed by atoms with van der Waals surface area (Å²) >= 11 is 0. The second-order valence-corrected chi connectivity index (χ2v) is 5.51. The smallest absolute Gasteiger partial charge is 0.148 e. The Morgan fingerprint density at radius 2 is 2.11 bits per heavy atom. The number of aliphatic hydroxyl groups is 1. The van der Waals surface area contributed by atoms with Crippen molar-refractivity contribution < 1.29 is 5.11 Å². The first-order chi connectivity index (χ1) is 8.41. The normalized spacial score (nSPS) is 11.8. The maximum atomic E-state index is 8.89. The van der Waals surface area contributed by atoms with Gasteiger partial charge in [-0.05, 0) is 32.1 Å². The first kappa shape index (κ1) is 14.8. The number of nitrogens with two attached hydrogens (primary N) is 1. The highest BCUT2D eigenvalue weighted by atomic mass is 16.2. The van der Waals surface area contributed by atoms with Gasteiger partial charge in [-0.2, -0.15) is 5.10 Å². The van der Waals surface area contributed by atoms with Crippen LogP contribution in [0.3, 0.4) is 0 Å². The lowest BCUT2D eigenvalue weighted by molar-refractivity contribution is 0.247. The molecule has 1 aromatic rings. The van der Waals surface area contributed by atoms with Crippen LogP contribution in [0.4, 0.5) is 11.5 Å². The molecule has 0 aromatic carbocycles. The van der Waals surface area contributed by atoms with E-state index in [4.69, 9.17) is 10.8 Å². The van der Waals surface area contributed by atoms with Crippen molar-refractivity contribution in [1.29, 1.82) is 0 Å². The predicted molar refractivity (Wildman–Crippen MR) is 75.6 cm³/mol. The van der Waals surface area contributed by atoms with Crippen molar-refractivity contribution >= 4 is 11.5 Å². The van der Waals surface area contributed by atoms with Gasteiger partial charge >= 0.3 is 0 Å². The maximum absolute atomic E-state index is 8.89. The zero-order valence-electron chi connectivity index (χ0n) is 12.0. The van der Waals surface area contributed by atoms with Crippen LogP contribution in [0.5, 0.6) is 0 Å². The number of nitrogens with one attached hydrogen (secondary N) is 1. The number of aromatic nitrogens is 2. The van der Waals surface area contributed by atoms with E-state index < -0.39 is 0 Å². The number of nitrogens with zero attached hydrogens (tertiary/aromatic N) is 2. The van der Waals surface area contributed by atoms with Crippen LogP contribution in [-0.4, -0.2) is 28.0 Å². The fraction of sp³-hybridized carbons (Fsp3) is 0.769. The molecule has 0 aliphatic rings. The van der Waals surface area contributed by atoms with Crippen LogP contribution in [-0.2, 0) is 6.54 Å². The number of hydrogen-bond donors (Lipinski definition) is 3. The Hall–Kier alpha value is -1.23. The fourth-order valence-corrected chi connectivity index (χ4v) is 1.98. The molecule has 0 bridgehead atoms. The van der Waals surface area contributed by atoms with Gasteiger partial charge in [0.2, 0.25) is 0 Å². The van der Waals surface area contributed by atoms with Gasteiger partial charge in [0.15, 0.2) is 0 Å². The van der Waals surface area contributed by atoms with Crippen LogP contribution in [0.15, 0.2) is 0 Å². The van der Waals surface area contributed by atoms with E-state index in [9.17, 15) is 0 Å². The topological polar surface area (TPSA) is 76.1 Å². The molecule has 4 N–H and O–H groups in total. The first-order valence-electron chi connectivity index (χ1n) is 6.59. The first-order valence-corrected chi connectivity index (χ1v) is 6.59. The fourth-order valence-electron chi connectivity index (χ4n) is 1.98. The second-order valence-electron chi connectivity index (χ2n) is 5.51. The summed E-state index contributed by atoms with van der Waals surface area (Å²) in [6, 6.07) is 0. The Labute approximate surface area is 109 Å². The molecule has 18 heavy (non-hydrogen) atoms. The lowest BCUT2D eigenvalue weighted by Gasteiger charge is -2.25. The van der Waals surface area contributed by atoms with Crippen molar-refractivity contribution in [1.82, 2.24) is 9.78 Å². The summed E-state index contributed by atoms with van der Waals surface area (Å²) in [5.41, 5.74) is 7.75. The quantitative estimate of drug-likeness (QED) is 0.695. The molecule has 5 heteroatoms. The average molecular weight is 254 g/mol. The minimum atomic E-state index is 0.131. The van der Waals surface area contributed by atoms with Crippen molar-refractivity contribution in [2.24, 2.45) is 5.41 Å². The van der Waals surface area contributed by atoms with Gasteiger partial charge < -0.3 is 16.2 Å². The van der Waals surface area contributed by atoms with Gasteiger partial charge in [-0.15, -0.1) is 0 Å². The summed E-state index contributed by atoms with van der Waals surface area (Å²) in [6.45, 7) is 10.2.